The Hall–Kier alpha value is -1.77. The Morgan fingerprint density at radius 3 is 2.62 bits per heavy atom. The molecule has 0 atom stereocenters. The van der Waals surface area contributed by atoms with Crippen molar-refractivity contribution >= 4 is 33.0 Å². The zero-order valence-electron chi connectivity index (χ0n) is 12.9. The molecule has 2 heterocycles. The van der Waals surface area contributed by atoms with Crippen molar-refractivity contribution in [3.63, 3.8) is 0 Å². The first kappa shape index (κ1) is 17.1. The monoisotopic (exact) mass is 368 g/mol. The number of benzene rings is 1. The number of halogens is 1. The van der Waals surface area contributed by atoms with Crippen LogP contribution in [-0.2, 0) is 10.0 Å². The Kier molecular flexibility index (Phi) is 4.98. The van der Waals surface area contributed by atoms with Gasteiger partial charge in [-0.2, -0.15) is 4.31 Å². The quantitative estimate of drug-likeness (QED) is 0.900. The van der Waals surface area contributed by atoms with Crippen molar-refractivity contribution < 1.29 is 17.6 Å². The molecule has 1 saturated heterocycles. The largest absolute Gasteiger partial charge is 0.321 e. The normalized spacial score (nSPS) is 16.0. The van der Waals surface area contributed by atoms with Crippen LogP contribution >= 0.6 is 11.3 Å². The van der Waals surface area contributed by atoms with E-state index in [9.17, 15) is 17.6 Å². The number of sulfonamides is 1. The second-order valence-corrected chi connectivity index (χ2v) is 8.43. The Morgan fingerprint density at radius 1 is 1.17 bits per heavy atom. The van der Waals surface area contributed by atoms with Gasteiger partial charge in [-0.05, 0) is 37.1 Å². The molecule has 1 fully saturated rings. The van der Waals surface area contributed by atoms with Crippen molar-refractivity contribution in [2.24, 2.45) is 0 Å². The van der Waals surface area contributed by atoms with E-state index in [1.807, 2.05) is 0 Å². The fourth-order valence-corrected chi connectivity index (χ4v) is 5.26. The fraction of sp³-hybridized carbons (Fsp3) is 0.312. The number of thiophene rings is 1. The highest BCUT2D eigenvalue weighted by Crippen LogP contribution is 2.25. The van der Waals surface area contributed by atoms with Gasteiger partial charge in [0.15, 0.2) is 0 Å². The minimum atomic E-state index is -3.55. The summed E-state index contributed by atoms with van der Waals surface area (Å²) in [6.45, 7) is 1.03. The second kappa shape index (κ2) is 7.00. The molecule has 1 amide bonds. The lowest BCUT2D eigenvalue weighted by Crippen LogP contribution is -2.35. The zero-order valence-corrected chi connectivity index (χ0v) is 14.5. The van der Waals surface area contributed by atoms with Gasteiger partial charge in [-0.1, -0.05) is 12.5 Å². The molecular weight excluding hydrogens is 351 g/mol. The van der Waals surface area contributed by atoms with Gasteiger partial charge in [0.1, 0.15) is 5.82 Å². The molecule has 1 aromatic heterocycles. The summed E-state index contributed by atoms with van der Waals surface area (Å²) in [6, 6.07) is 6.93. The topological polar surface area (TPSA) is 66.5 Å². The number of amides is 1. The molecule has 128 valence electrons. The lowest BCUT2D eigenvalue weighted by molar-refractivity contribution is 0.103. The first-order chi connectivity index (χ1) is 11.5. The van der Waals surface area contributed by atoms with Crippen LogP contribution in [0.3, 0.4) is 0 Å². The number of hydrogen-bond donors (Lipinski definition) is 1. The maximum Gasteiger partial charge on any atom is 0.265 e. The van der Waals surface area contributed by atoms with Crippen LogP contribution in [0.5, 0.6) is 0 Å². The van der Waals surface area contributed by atoms with E-state index >= 15 is 0 Å². The first-order valence-electron chi connectivity index (χ1n) is 7.62. The molecule has 5 nitrogen and oxygen atoms in total. The number of carbonyl (C=O) groups is 1. The van der Waals surface area contributed by atoms with E-state index < -0.39 is 21.7 Å². The standard InChI is InChI=1S/C16H17FN2O3S2/c17-12-5-4-6-13(9-12)18-16(20)15-10-14(11-23-15)24(21,22)19-7-2-1-3-8-19/h4-6,9-11H,1-3,7-8H2,(H,18,20). The van der Waals surface area contributed by atoms with Gasteiger partial charge in [-0.3, -0.25) is 4.79 Å². The average molecular weight is 368 g/mol. The fourth-order valence-electron chi connectivity index (χ4n) is 2.59. The van der Waals surface area contributed by atoms with E-state index in [-0.39, 0.29) is 9.77 Å². The third kappa shape index (κ3) is 3.66. The van der Waals surface area contributed by atoms with Crippen LogP contribution in [0.4, 0.5) is 10.1 Å². The Labute approximate surface area is 144 Å². The smallest absolute Gasteiger partial charge is 0.265 e. The average Bonchev–Trinajstić information content (AvgIpc) is 3.07. The summed E-state index contributed by atoms with van der Waals surface area (Å²) >= 11 is 1.06. The molecule has 8 heteroatoms. The van der Waals surface area contributed by atoms with Crippen LogP contribution in [0.1, 0.15) is 28.9 Å². The maximum absolute atomic E-state index is 13.2. The van der Waals surface area contributed by atoms with Gasteiger partial charge in [0, 0.05) is 24.2 Å². The Morgan fingerprint density at radius 2 is 1.92 bits per heavy atom. The summed E-state index contributed by atoms with van der Waals surface area (Å²) in [6.07, 6.45) is 2.75. The third-order valence-electron chi connectivity index (χ3n) is 3.83. The van der Waals surface area contributed by atoms with Gasteiger partial charge in [-0.15, -0.1) is 11.3 Å². The summed E-state index contributed by atoms with van der Waals surface area (Å²) in [5.41, 5.74) is 0.328. The first-order valence-corrected chi connectivity index (χ1v) is 9.94. The molecule has 0 unspecified atom stereocenters. The number of nitrogens with one attached hydrogen (secondary N) is 1. The summed E-state index contributed by atoms with van der Waals surface area (Å²) in [4.78, 5) is 12.6. The van der Waals surface area contributed by atoms with Gasteiger partial charge in [-0.25, -0.2) is 12.8 Å². The van der Waals surface area contributed by atoms with E-state index in [0.717, 1.165) is 30.6 Å². The predicted octanol–water partition coefficient (Wildman–Crippen LogP) is 3.31. The molecule has 0 spiro atoms. The summed E-state index contributed by atoms with van der Waals surface area (Å²) in [5, 5.41) is 4.04. The molecule has 1 aromatic carbocycles. The van der Waals surface area contributed by atoms with Crippen LogP contribution in [0.25, 0.3) is 0 Å². The van der Waals surface area contributed by atoms with Crippen LogP contribution < -0.4 is 5.32 Å². The summed E-state index contributed by atoms with van der Waals surface area (Å²) in [7, 11) is -3.55. The molecule has 0 radical (unpaired) electrons. The molecule has 1 N–H and O–H groups in total. The van der Waals surface area contributed by atoms with E-state index in [1.54, 1.807) is 6.07 Å². The molecule has 3 rings (SSSR count). The molecule has 0 bridgehead atoms. The van der Waals surface area contributed by atoms with E-state index in [2.05, 4.69) is 5.32 Å². The number of nitrogens with zero attached hydrogens (tertiary/aromatic N) is 1. The maximum atomic E-state index is 13.2. The van der Waals surface area contributed by atoms with Gasteiger partial charge in [0.05, 0.1) is 9.77 Å². The number of hydrogen-bond acceptors (Lipinski definition) is 4. The molecule has 0 aliphatic carbocycles. The van der Waals surface area contributed by atoms with Crippen molar-refractivity contribution in [2.45, 2.75) is 24.2 Å². The van der Waals surface area contributed by atoms with Gasteiger partial charge in [0.25, 0.3) is 5.91 Å². The minimum absolute atomic E-state index is 0.138. The van der Waals surface area contributed by atoms with Crippen molar-refractivity contribution in [1.82, 2.24) is 4.31 Å². The van der Waals surface area contributed by atoms with Gasteiger partial charge in [0.2, 0.25) is 10.0 Å². The molecule has 1 aliphatic rings. The van der Waals surface area contributed by atoms with Crippen LogP contribution in [0, 0.1) is 5.82 Å². The van der Waals surface area contributed by atoms with E-state index in [1.165, 1.54) is 34.0 Å². The summed E-state index contributed by atoms with van der Waals surface area (Å²) < 4.78 is 39.8. The van der Waals surface area contributed by atoms with Crippen molar-refractivity contribution in [3.05, 3.63) is 46.4 Å². The number of anilines is 1. The van der Waals surface area contributed by atoms with Crippen molar-refractivity contribution in [1.29, 1.82) is 0 Å². The number of carbonyl (C=O) groups excluding carboxylic acids is 1. The number of rotatable bonds is 4. The minimum Gasteiger partial charge on any atom is -0.321 e. The predicted molar refractivity (Wildman–Crippen MR) is 91.3 cm³/mol. The highest BCUT2D eigenvalue weighted by atomic mass is 32.2. The molecule has 2 aromatic rings. The zero-order chi connectivity index (χ0) is 17.2. The Bertz CT molecular complexity index is 843. The van der Waals surface area contributed by atoms with Crippen LogP contribution in [0.2, 0.25) is 0 Å². The van der Waals surface area contributed by atoms with Gasteiger partial charge < -0.3 is 5.32 Å². The highest BCUT2D eigenvalue weighted by molar-refractivity contribution is 7.89. The Balaban J connectivity index is 1.76. The molecular formula is C16H17FN2O3S2. The SMILES string of the molecule is O=C(Nc1cccc(F)c1)c1cc(S(=O)(=O)N2CCCCC2)cs1. The lowest BCUT2D eigenvalue weighted by Gasteiger charge is -2.25. The molecule has 0 saturated carbocycles. The van der Waals surface area contributed by atoms with Gasteiger partial charge >= 0.3 is 0 Å². The van der Waals surface area contributed by atoms with Crippen molar-refractivity contribution in [3.8, 4) is 0 Å². The van der Waals surface area contributed by atoms with Crippen molar-refractivity contribution in [2.75, 3.05) is 18.4 Å². The number of piperidine rings is 1. The summed E-state index contributed by atoms with van der Waals surface area (Å²) in [5.74, 6) is -0.905. The molecule has 1 aliphatic heterocycles. The van der Waals surface area contributed by atoms with Crippen LogP contribution in [0.15, 0.2) is 40.6 Å². The second-order valence-electron chi connectivity index (χ2n) is 5.58. The lowest BCUT2D eigenvalue weighted by atomic mass is 10.2. The highest BCUT2D eigenvalue weighted by Gasteiger charge is 2.27. The van der Waals surface area contributed by atoms with E-state index in [4.69, 9.17) is 0 Å². The van der Waals surface area contributed by atoms with E-state index in [0.29, 0.717) is 18.8 Å². The molecule has 24 heavy (non-hydrogen) atoms. The van der Waals surface area contributed by atoms with Crippen LogP contribution in [-0.4, -0.2) is 31.7 Å². The third-order valence-corrected chi connectivity index (χ3v) is 6.79.